The zero-order valence-electron chi connectivity index (χ0n) is 15.3. The number of anilines is 1. The van der Waals surface area contributed by atoms with Crippen LogP contribution in [-0.2, 0) is 11.3 Å². The summed E-state index contributed by atoms with van der Waals surface area (Å²) in [6, 6.07) is 15.8. The van der Waals surface area contributed by atoms with Crippen LogP contribution in [0.5, 0.6) is 5.75 Å². The average molecular weight is 416 g/mol. The van der Waals surface area contributed by atoms with Gasteiger partial charge in [0.1, 0.15) is 12.3 Å². The van der Waals surface area contributed by atoms with Crippen LogP contribution in [0.1, 0.15) is 0 Å². The summed E-state index contributed by atoms with van der Waals surface area (Å²) in [5, 5.41) is 3.58. The van der Waals surface area contributed by atoms with E-state index in [1.54, 1.807) is 18.2 Å². The van der Waals surface area contributed by atoms with Gasteiger partial charge in [-0.25, -0.2) is 4.98 Å². The molecule has 1 heterocycles. The van der Waals surface area contributed by atoms with E-state index in [1.807, 2.05) is 36.6 Å². The molecule has 2 aromatic carbocycles. The highest BCUT2D eigenvalue weighted by molar-refractivity contribution is 7.98. The molecule has 1 aromatic heterocycles. The monoisotopic (exact) mass is 415 g/mol. The molecule has 1 N–H and O–H groups in total. The number of rotatable bonds is 6. The molecule has 0 aliphatic heterocycles. The zero-order valence-corrected chi connectivity index (χ0v) is 16.9. The Balaban J connectivity index is 1.82. The van der Waals surface area contributed by atoms with Crippen molar-refractivity contribution in [1.82, 2.24) is 9.55 Å². The molecule has 0 bridgehead atoms. The second-order valence-electron chi connectivity index (χ2n) is 5.82. The number of benzene rings is 2. The molecule has 28 heavy (non-hydrogen) atoms. The average Bonchev–Trinajstić information content (AvgIpc) is 2.70. The Hall–Kier alpha value is -2.77. The van der Waals surface area contributed by atoms with E-state index in [1.165, 1.54) is 29.5 Å². The molecule has 0 aliphatic carbocycles. The van der Waals surface area contributed by atoms with Gasteiger partial charge >= 0.3 is 0 Å². The number of hydrogen-bond donors (Lipinski definition) is 1. The van der Waals surface area contributed by atoms with E-state index in [0.717, 1.165) is 5.56 Å². The summed E-state index contributed by atoms with van der Waals surface area (Å²) in [6.07, 6.45) is 1.81. The number of nitrogens with zero attached hydrogens (tertiary/aromatic N) is 2. The maximum Gasteiger partial charge on any atom is 0.255 e. The summed E-state index contributed by atoms with van der Waals surface area (Å²) in [6.45, 7) is -0.152. The van der Waals surface area contributed by atoms with Crippen molar-refractivity contribution in [3.63, 3.8) is 0 Å². The summed E-state index contributed by atoms with van der Waals surface area (Å²) >= 11 is 7.39. The Morgan fingerprint density at radius 1 is 1.21 bits per heavy atom. The number of amides is 1. The molecule has 3 rings (SSSR count). The molecule has 8 heteroatoms. The molecule has 0 atom stereocenters. The van der Waals surface area contributed by atoms with Crippen molar-refractivity contribution in [3.05, 3.63) is 70.0 Å². The van der Waals surface area contributed by atoms with Crippen molar-refractivity contribution in [2.45, 2.75) is 11.7 Å². The molecule has 0 unspecified atom stereocenters. The number of ether oxygens (including phenoxy) is 1. The lowest BCUT2D eigenvalue weighted by molar-refractivity contribution is -0.116. The van der Waals surface area contributed by atoms with Gasteiger partial charge in [0.2, 0.25) is 5.91 Å². The Bertz CT molecular complexity index is 1050. The van der Waals surface area contributed by atoms with E-state index in [4.69, 9.17) is 16.3 Å². The van der Waals surface area contributed by atoms with Crippen LogP contribution in [-0.4, -0.2) is 28.8 Å². The largest absolute Gasteiger partial charge is 0.495 e. The van der Waals surface area contributed by atoms with Crippen molar-refractivity contribution in [3.8, 4) is 17.0 Å². The number of hydrogen-bond acceptors (Lipinski definition) is 5. The summed E-state index contributed by atoms with van der Waals surface area (Å²) in [4.78, 5) is 29.6. The Kier molecular flexibility index (Phi) is 6.38. The van der Waals surface area contributed by atoms with Crippen molar-refractivity contribution >= 4 is 35.0 Å². The summed E-state index contributed by atoms with van der Waals surface area (Å²) in [7, 11) is 1.52. The minimum Gasteiger partial charge on any atom is -0.495 e. The fourth-order valence-corrected chi connectivity index (χ4v) is 3.45. The lowest BCUT2D eigenvalue weighted by Gasteiger charge is -2.13. The van der Waals surface area contributed by atoms with Crippen LogP contribution in [0.4, 0.5) is 5.69 Å². The predicted molar refractivity (Wildman–Crippen MR) is 112 cm³/mol. The van der Waals surface area contributed by atoms with Crippen molar-refractivity contribution in [1.29, 1.82) is 0 Å². The number of carbonyl (C=O) groups excluding carboxylic acids is 1. The molecule has 0 saturated heterocycles. The number of nitrogens with one attached hydrogen (secondary N) is 1. The molecular formula is C20H18ClN3O3S. The van der Waals surface area contributed by atoms with Gasteiger partial charge in [-0.15, -0.1) is 0 Å². The van der Waals surface area contributed by atoms with E-state index in [2.05, 4.69) is 10.3 Å². The van der Waals surface area contributed by atoms with Crippen molar-refractivity contribution in [2.75, 3.05) is 18.7 Å². The molecule has 0 spiro atoms. The molecule has 6 nitrogen and oxygen atoms in total. The molecule has 0 saturated carbocycles. The number of methoxy groups -OCH3 is 1. The van der Waals surface area contributed by atoms with Gasteiger partial charge in [-0.05, 0) is 24.5 Å². The van der Waals surface area contributed by atoms with Gasteiger partial charge in [0.25, 0.3) is 5.56 Å². The first-order valence-corrected chi connectivity index (χ1v) is 9.96. The van der Waals surface area contributed by atoms with E-state index in [9.17, 15) is 9.59 Å². The van der Waals surface area contributed by atoms with Crippen LogP contribution in [0.3, 0.4) is 0 Å². The van der Waals surface area contributed by atoms with Crippen LogP contribution in [0.15, 0.2) is 64.5 Å². The summed E-state index contributed by atoms with van der Waals surface area (Å²) < 4.78 is 6.44. The van der Waals surface area contributed by atoms with Crippen molar-refractivity contribution in [2.24, 2.45) is 0 Å². The van der Waals surface area contributed by atoms with Gasteiger partial charge in [-0.3, -0.25) is 14.2 Å². The van der Waals surface area contributed by atoms with Crippen LogP contribution in [0.25, 0.3) is 11.3 Å². The van der Waals surface area contributed by atoms with Crippen LogP contribution in [0.2, 0.25) is 5.02 Å². The van der Waals surface area contributed by atoms with E-state index in [0.29, 0.717) is 27.3 Å². The zero-order chi connectivity index (χ0) is 20.1. The first-order valence-electron chi connectivity index (χ1n) is 8.36. The minimum atomic E-state index is -0.354. The Morgan fingerprint density at radius 3 is 2.61 bits per heavy atom. The third-order valence-electron chi connectivity index (χ3n) is 3.96. The highest BCUT2D eigenvalue weighted by Crippen LogP contribution is 2.27. The Labute approximate surface area is 171 Å². The van der Waals surface area contributed by atoms with E-state index in [-0.39, 0.29) is 18.0 Å². The molecule has 1 amide bonds. The van der Waals surface area contributed by atoms with Gasteiger partial charge < -0.3 is 10.1 Å². The SMILES string of the molecule is COc1ccc(NC(=O)Cn2c(SC)nc(-c3ccccc3)cc2=O)cc1Cl. The topological polar surface area (TPSA) is 73.2 Å². The maximum atomic E-state index is 12.6. The minimum absolute atomic E-state index is 0.152. The smallest absolute Gasteiger partial charge is 0.255 e. The third-order valence-corrected chi connectivity index (χ3v) is 4.93. The summed E-state index contributed by atoms with van der Waals surface area (Å²) in [5.41, 5.74) is 1.65. The molecule has 0 fully saturated rings. The molecule has 0 radical (unpaired) electrons. The number of aromatic nitrogens is 2. The fourth-order valence-electron chi connectivity index (χ4n) is 2.63. The van der Waals surface area contributed by atoms with E-state index < -0.39 is 0 Å². The third kappa shape index (κ3) is 4.55. The maximum absolute atomic E-state index is 12.6. The Morgan fingerprint density at radius 2 is 1.96 bits per heavy atom. The lowest BCUT2D eigenvalue weighted by Crippen LogP contribution is -2.29. The quantitative estimate of drug-likeness (QED) is 0.487. The van der Waals surface area contributed by atoms with Gasteiger partial charge in [0.15, 0.2) is 5.16 Å². The van der Waals surface area contributed by atoms with Gasteiger partial charge in [0.05, 0.1) is 17.8 Å². The second-order valence-corrected chi connectivity index (χ2v) is 7.00. The van der Waals surface area contributed by atoms with Crippen molar-refractivity contribution < 1.29 is 9.53 Å². The number of thioether (sulfide) groups is 1. The molecular weight excluding hydrogens is 398 g/mol. The molecule has 144 valence electrons. The first kappa shape index (κ1) is 20.0. The standard InChI is InChI=1S/C20H18ClN3O3S/c1-27-17-9-8-14(10-15(17)21)22-18(25)12-24-19(26)11-16(23-20(24)28-2)13-6-4-3-5-7-13/h3-11H,12H2,1-2H3,(H,22,25). The van der Waals surface area contributed by atoms with Crippen LogP contribution in [0, 0.1) is 0 Å². The highest BCUT2D eigenvalue weighted by atomic mass is 35.5. The second kappa shape index (κ2) is 8.95. The number of carbonyl (C=O) groups is 1. The van der Waals surface area contributed by atoms with Crippen LogP contribution < -0.4 is 15.6 Å². The van der Waals surface area contributed by atoms with Crippen LogP contribution >= 0.6 is 23.4 Å². The van der Waals surface area contributed by atoms with Gasteiger partial charge in [-0.2, -0.15) is 0 Å². The van der Waals surface area contributed by atoms with E-state index >= 15 is 0 Å². The normalized spacial score (nSPS) is 10.5. The van der Waals surface area contributed by atoms with Gasteiger partial charge in [-0.1, -0.05) is 53.7 Å². The molecule has 0 aliphatic rings. The highest BCUT2D eigenvalue weighted by Gasteiger charge is 2.13. The summed E-state index contributed by atoms with van der Waals surface area (Å²) in [5.74, 6) is 0.161. The fraction of sp³-hybridized carbons (Fsp3) is 0.150. The van der Waals surface area contributed by atoms with Gasteiger partial charge in [0, 0.05) is 17.3 Å². The number of halogens is 1. The lowest BCUT2D eigenvalue weighted by atomic mass is 10.1. The predicted octanol–water partition coefficient (Wildman–Crippen LogP) is 3.93. The first-order chi connectivity index (χ1) is 13.5. The molecule has 3 aromatic rings.